The van der Waals surface area contributed by atoms with E-state index >= 15 is 0 Å². The van der Waals surface area contributed by atoms with Crippen molar-refractivity contribution < 1.29 is 41.8 Å². The smallest absolute Gasteiger partial charge is 0.305 e. The Kier molecular flexibility index (Phi) is 10.4. The maximum atomic E-state index is 13.9. The van der Waals surface area contributed by atoms with Crippen molar-refractivity contribution in [2.24, 2.45) is 0 Å². The number of ether oxygens (including phenoxy) is 1. The van der Waals surface area contributed by atoms with Gasteiger partial charge in [-0.05, 0) is 29.0 Å². The van der Waals surface area contributed by atoms with Crippen LogP contribution < -0.4 is 15.6 Å². The molecule has 2 aromatic carbocycles. The molecule has 1 heterocycles. The highest BCUT2D eigenvalue weighted by Gasteiger charge is 2.30. The van der Waals surface area contributed by atoms with Crippen LogP contribution in [-0.2, 0) is 26.2 Å². The molecule has 1 unspecified atom stereocenters. The summed E-state index contributed by atoms with van der Waals surface area (Å²) < 4.78 is 60.4. The molecule has 2 atom stereocenters. The van der Waals surface area contributed by atoms with Crippen molar-refractivity contribution in [3.05, 3.63) is 92.9 Å². The third-order valence-electron chi connectivity index (χ3n) is 6.65. The minimum Gasteiger partial charge on any atom is -0.481 e. The largest absolute Gasteiger partial charge is 0.481 e. The molecular weight excluding hydrogens is 574 g/mol. The van der Waals surface area contributed by atoms with Gasteiger partial charge in [-0.2, -0.15) is 13.9 Å². The van der Waals surface area contributed by atoms with Gasteiger partial charge in [0.1, 0.15) is 18.7 Å². The molecule has 0 bridgehead atoms. The van der Waals surface area contributed by atoms with Gasteiger partial charge in [0.05, 0.1) is 6.42 Å². The number of carboxylic acid groups (broad SMARTS) is 1. The van der Waals surface area contributed by atoms with Crippen molar-refractivity contribution in [2.75, 3.05) is 6.61 Å². The highest BCUT2D eigenvalue weighted by molar-refractivity contribution is 5.93. The van der Waals surface area contributed by atoms with Crippen LogP contribution in [0.15, 0.2) is 47.4 Å². The second-order valence-electron chi connectivity index (χ2n) is 10.8. The van der Waals surface area contributed by atoms with Crippen molar-refractivity contribution in [3.8, 4) is 5.75 Å². The van der Waals surface area contributed by atoms with E-state index in [1.54, 1.807) is 6.92 Å². The number of nitrogens with zero attached hydrogens (tertiary/aromatic N) is 2. The second kappa shape index (κ2) is 13.6. The van der Waals surface area contributed by atoms with Crippen LogP contribution in [0.25, 0.3) is 0 Å². The maximum absolute atomic E-state index is 13.9. The molecule has 1 amide bonds. The van der Waals surface area contributed by atoms with Gasteiger partial charge < -0.3 is 15.2 Å². The number of benzene rings is 2. The number of carbonyl (C=O) groups excluding carboxylic acids is 2. The average Bonchev–Trinajstić information content (AvgIpc) is 2.93. The number of nitrogens with one attached hydrogen (secondary N) is 1. The zero-order chi connectivity index (χ0) is 32.1. The summed E-state index contributed by atoms with van der Waals surface area (Å²) in [5, 5.41) is 15.5. The van der Waals surface area contributed by atoms with Crippen molar-refractivity contribution in [1.82, 2.24) is 15.1 Å². The molecule has 43 heavy (non-hydrogen) atoms. The van der Waals surface area contributed by atoms with E-state index in [0.29, 0.717) is 5.56 Å². The van der Waals surface area contributed by atoms with Gasteiger partial charge in [0, 0.05) is 24.2 Å². The minimum absolute atomic E-state index is 0.0181. The van der Waals surface area contributed by atoms with E-state index < -0.39 is 77.3 Å². The first-order valence-electron chi connectivity index (χ1n) is 13.3. The number of hydrogen-bond acceptors (Lipinski definition) is 6. The summed E-state index contributed by atoms with van der Waals surface area (Å²) in [6.07, 6.45) is 0.655. The van der Waals surface area contributed by atoms with Gasteiger partial charge in [0.15, 0.2) is 23.2 Å². The molecular formula is C30H31F4N3O6. The Bertz CT molecular complexity index is 1560. The molecule has 230 valence electrons. The highest BCUT2D eigenvalue weighted by Crippen LogP contribution is 2.28. The number of aromatic nitrogens is 2. The quantitative estimate of drug-likeness (QED) is 0.234. The number of carboxylic acids is 1. The molecule has 0 radical (unpaired) electrons. The first kappa shape index (κ1) is 33.0. The molecule has 0 aliphatic carbocycles. The van der Waals surface area contributed by atoms with Gasteiger partial charge in [-0.3, -0.25) is 19.2 Å². The third kappa shape index (κ3) is 7.85. The Balaban J connectivity index is 1.84. The average molecular weight is 606 g/mol. The Labute approximate surface area is 244 Å². The molecule has 0 fully saturated rings. The molecule has 3 rings (SSSR count). The Morgan fingerprint density at radius 1 is 1.02 bits per heavy atom. The maximum Gasteiger partial charge on any atom is 0.305 e. The number of amides is 1. The zero-order valence-electron chi connectivity index (χ0n) is 23.9. The highest BCUT2D eigenvalue weighted by atomic mass is 19.2. The monoisotopic (exact) mass is 605 g/mol. The van der Waals surface area contributed by atoms with Crippen LogP contribution in [0.2, 0.25) is 0 Å². The van der Waals surface area contributed by atoms with E-state index in [0.717, 1.165) is 15.8 Å². The third-order valence-corrected chi connectivity index (χ3v) is 6.65. The zero-order valence-corrected chi connectivity index (χ0v) is 23.9. The number of ketones is 1. The lowest BCUT2D eigenvalue weighted by Crippen LogP contribution is -2.48. The van der Waals surface area contributed by atoms with Gasteiger partial charge in [-0.25, -0.2) is 13.5 Å². The fraction of sp³-hybridized carbons (Fsp3) is 0.367. The first-order valence-corrected chi connectivity index (χ1v) is 13.3. The van der Waals surface area contributed by atoms with E-state index in [2.05, 4.69) is 15.2 Å². The topological polar surface area (TPSA) is 128 Å². The minimum atomic E-state index is -1.90. The summed E-state index contributed by atoms with van der Waals surface area (Å²) in [5.41, 5.74) is 1.50. The summed E-state index contributed by atoms with van der Waals surface area (Å²) in [6.45, 7) is 6.46. The molecule has 3 aromatic rings. The summed E-state index contributed by atoms with van der Waals surface area (Å²) in [5.74, 6) is -12.5. The SMILES string of the molecule is CCC(C(=O)N[C@@H](CC(=O)O)C(=O)COc1c(F)c(F)cc(F)c1F)n1nccc(Cc2ccccc2C(C)(C)C)c1=O. The van der Waals surface area contributed by atoms with Crippen LogP contribution in [0, 0.1) is 23.3 Å². The Morgan fingerprint density at radius 2 is 1.65 bits per heavy atom. The summed E-state index contributed by atoms with van der Waals surface area (Å²) in [4.78, 5) is 50.8. The number of rotatable bonds is 12. The number of Topliss-reactive ketones (excluding diaryl/α,β-unsaturated/α-hetero) is 1. The van der Waals surface area contributed by atoms with Gasteiger partial charge in [0.2, 0.25) is 17.5 Å². The van der Waals surface area contributed by atoms with Crippen LogP contribution in [0.1, 0.15) is 63.3 Å². The lowest BCUT2D eigenvalue weighted by atomic mass is 9.82. The van der Waals surface area contributed by atoms with E-state index in [1.807, 2.05) is 45.0 Å². The molecule has 9 nitrogen and oxygen atoms in total. The molecule has 0 saturated carbocycles. The predicted molar refractivity (Wildman–Crippen MR) is 147 cm³/mol. The van der Waals surface area contributed by atoms with Crippen molar-refractivity contribution in [2.45, 2.75) is 64.5 Å². The van der Waals surface area contributed by atoms with E-state index in [4.69, 9.17) is 0 Å². The summed E-state index contributed by atoms with van der Waals surface area (Å²) >= 11 is 0. The lowest BCUT2D eigenvalue weighted by molar-refractivity contribution is -0.140. The van der Waals surface area contributed by atoms with Crippen molar-refractivity contribution in [3.63, 3.8) is 0 Å². The molecule has 0 aliphatic heterocycles. The van der Waals surface area contributed by atoms with Gasteiger partial charge in [0.25, 0.3) is 5.56 Å². The fourth-order valence-corrected chi connectivity index (χ4v) is 4.51. The van der Waals surface area contributed by atoms with Gasteiger partial charge in [-0.15, -0.1) is 0 Å². The molecule has 0 saturated heterocycles. The van der Waals surface area contributed by atoms with E-state index in [1.165, 1.54) is 12.3 Å². The predicted octanol–water partition coefficient (Wildman–Crippen LogP) is 4.25. The number of hydrogen-bond donors (Lipinski definition) is 2. The van der Waals surface area contributed by atoms with Gasteiger partial charge in [-0.1, -0.05) is 52.0 Å². The summed E-state index contributed by atoms with van der Waals surface area (Å²) in [6, 6.07) is 6.06. The van der Waals surface area contributed by atoms with E-state index in [-0.39, 0.29) is 24.3 Å². The van der Waals surface area contributed by atoms with Crippen LogP contribution in [-0.4, -0.2) is 45.2 Å². The van der Waals surface area contributed by atoms with Crippen molar-refractivity contribution in [1.29, 1.82) is 0 Å². The van der Waals surface area contributed by atoms with Crippen LogP contribution in [0.3, 0.4) is 0 Å². The standard InChI is InChI=1S/C30H31F4N3O6/c1-5-22(37-29(42)17(10-11-35-37)12-16-8-6-7-9-18(16)30(2,3)4)28(41)36-21(14-24(39)40)23(38)15-43-27-25(33)19(31)13-20(32)26(27)34/h6-11,13,21-22H,5,12,14-15H2,1-4H3,(H,36,41)(H,39,40)/t21-,22?/m0/s1. The number of carbonyl (C=O) groups is 3. The summed E-state index contributed by atoms with van der Waals surface area (Å²) in [7, 11) is 0. The second-order valence-corrected chi connectivity index (χ2v) is 10.8. The first-order chi connectivity index (χ1) is 20.1. The Hall–Kier alpha value is -4.55. The molecule has 13 heteroatoms. The number of halogens is 4. The Morgan fingerprint density at radius 3 is 2.23 bits per heavy atom. The molecule has 0 aliphatic rings. The van der Waals surface area contributed by atoms with Crippen molar-refractivity contribution >= 4 is 17.7 Å². The van der Waals surface area contributed by atoms with Crippen LogP contribution in [0.4, 0.5) is 17.6 Å². The van der Waals surface area contributed by atoms with Crippen LogP contribution in [0.5, 0.6) is 5.75 Å². The molecule has 2 N–H and O–H groups in total. The molecule has 1 aromatic heterocycles. The lowest BCUT2D eigenvalue weighted by Gasteiger charge is -2.23. The molecule has 0 spiro atoms. The van der Waals surface area contributed by atoms with E-state index in [9.17, 15) is 41.8 Å². The van der Waals surface area contributed by atoms with Gasteiger partial charge >= 0.3 is 5.97 Å². The fourth-order valence-electron chi connectivity index (χ4n) is 4.51. The van der Waals surface area contributed by atoms with Crippen LogP contribution >= 0.6 is 0 Å². The number of aliphatic carboxylic acids is 1. The normalized spacial score (nSPS) is 12.8.